The first-order valence-corrected chi connectivity index (χ1v) is 6.60. The summed E-state index contributed by atoms with van der Waals surface area (Å²) >= 11 is 5.83. The van der Waals surface area contributed by atoms with E-state index in [-0.39, 0.29) is 11.8 Å². The lowest BCUT2D eigenvalue weighted by atomic mass is 10.0. The number of anilines is 2. The zero-order valence-corrected chi connectivity index (χ0v) is 11.4. The van der Waals surface area contributed by atoms with E-state index in [4.69, 9.17) is 22.1 Å². The molecule has 0 radical (unpaired) electrons. The number of hydrogen-bond acceptors (Lipinski definition) is 3. The fraction of sp³-hybridized carbons (Fsp3) is 0.133. The minimum Gasteiger partial charge on any atom is -0.492 e. The third-order valence-electron chi connectivity index (χ3n) is 3.29. The molecule has 0 saturated carbocycles. The standard InChI is InChI=1S/C15H13ClN2O2/c16-9-5-6-13(12(17)7-9)18-15(19)11-8-20-14-4-2-1-3-10(11)14/h1-7,11H,8,17H2,(H,18,19). The van der Waals surface area contributed by atoms with Gasteiger partial charge in [0.25, 0.3) is 0 Å². The lowest BCUT2D eigenvalue weighted by Gasteiger charge is -2.12. The number of hydrogen-bond donors (Lipinski definition) is 2. The summed E-state index contributed by atoms with van der Waals surface area (Å²) in [5.74, 6) is 0.307. The van der Waals surface area contributed by atoms with Crippen LogP contribution in [0, 0.1) is 0 Å². The molecule has 1 heterocycles. The van der Waals surface area contributed by atoms with E-state index in [9.17, 15) is 4.79 Å². The summed E-state index contributed by atoms with van der Waals surface area (Å²) in [5, 5.41) is 3.35. The van der Waals surface area contributed by atoms with Crippen LogP contribution in [0.2, 0.25) is 5.02 Å². The number of nitrogen functional groups attached to an aromatic ring is 1. The average molecular weight is 289 g/mol. The quantitative estimate of drug-likeness (QED) is 0.835. The number of fused-ring (bicyclic) bond motifs is 1. The minimum absolute atomic E-state index is 0.135. The van der Waals surface area contributed by atoms with Crippen molar-refractivity contribution >= 4 is 28.9 Å². The van der Waals surface area contributed by atoms with E-state index < -0.39 is 0 Å². The van der Waals surface area contributed by atoms with E-state index >= 15 is 0 Å². The number of benzene rings is 2. The van der Waals surface area contributed by atoms with Gasteiger partial charge in [0.2, 0.25) is 5.91 Å². The normalized spacial score (nSPS) is 16.4. The van der Waals surface area contributed by atoms with Gasteiger partial charge in [0.15, 0.2) is 0 Å². The van der Waals surface area contributed by atoms with Crippen molar-refractivity contribution in [2.45, 2.75) is 5.92 Å². The fourth-order valence-electron chi connectivity index (χ4n) is 2.25. The number of amides is 1. The predicted molar refractivity (Wildman–Crippen MR) is 79.2 cm³/mol. The van der Waals surface area contributed by atoms with Gasteiger partial charge in [-0.1, -0.05) is 29.8 Å². The van der Waals surface area contributed by atoms with Crippen molar-refractivity contribution in [1.29, 1.82) is 0 Å². The van der Waals surface area contributed by atoms with Crippen LogP contribution in [0.1, 0.15) is 11.5 Å². The maximum absolute atomic E-state index is 12.3. The van der Waals surface area contributed by atoms with Gasteiger partial charge >= 0.3 is 0 Å². The van der Waals surface area contributed by atoms with Crippen LogP contribution in [0.25, 0.3) is 0 Å². The number of nitrogens with one attached hydrogen (secondary N) is 1. The molecular weight excluding hydrogens is 276 g/mol. The molecule has 1 atom stereocenters. The third kappa shape index (κ3) is 2.30. The summed E-state index contributed by atoms with van der Waals surface area (Å²) in [6.07, 6.45) is 0. The molecule has 20 heavy (non-hydrogen) atoms. The SMILES string of the molecule is Nc1cc(Cl)ccc1NC(=O)C1COc2ccccc21. The van der Waals surface area contributed by atoms with Crippen molar-refractivity contribution in [3.8, 4) is 5.75 Å². The Bertz CT molecular complexity index is 673. The van der Waals surface area contributed by atoms with Gasteiger partial charge in [-0.15, -0.1) is 0 Å². The second kappa shape index (κ2) is 5.06. The highest BCUT2D eigenvalue weighted by Gasteiger charge is 2.30. The Morgan fingerprint density at radius 2 is 2.10 bits per heavy atom. The van der Waals surface area contributed by atoms with Gasteiger partial charge in [0, 0.05) is 10.6 Å². The molecule has 1 amide bonds. The first kappa shape index (κ1) is 12.8. The molecule has 3 N–H and O–H groups in total. The molecule has 0 saturated heterocycles. The van der Waals surface area contributed by atoms with Gasteiger partial charge in [0.05, 0.1) is 11.4 Å². The highest BCUT2D eigenvalue weighted by Crippen LogP contribution is 2.34. The highest BCUT2D eigenvalue weighted by molar-refractivity contribution is 6.31. The van der Waals surface area contributed by atoms with Crippen LogP contribution in [0.15, 0.2) is 42.5 Å². The molecule has 1 unspecified atom stereocenters. The molecule has 4 nitrogen and oxygen atoms in total. The highest BCUT2D eigenvalue weighted by atomic mass is 35.5. The fourth-order valence-corrected chi connectivity index (χ4v) is 2.43. The molecule has 5 heteroatoms. The number of ether oxygens (including phenoxy) is 1. The molecule has 0 fully saturated rings. The van der Waals surface area contributed by atoms with Crippen molar-refractivity contribution in [2.24, 2.45) is 0 Å². The van der Waals surface area contributed by atoms with E-state index in [0.29, 0.717) is 23.0 Å². The molecule has 0 aromatic heterocycles. The zero-order valence-electron chi connectivity index (χ0n) is 10.6. The van der Waals surface area contributed by atoms with Crippen molar-refractivity contribution in [3.05, 3.63) is 53.1 Å². The van der Waals surface area contributed by atoms with Gasteiger partial charge in [-0.25, -0.2) is 0 Å². The Balaban J connectivity index is 1.81. The van der Waals surface area contributed by atoms with E-state index in [0.717, 1.165) is 11.3 Å². The molecule has 2 aromatic carbocycles. The van der Waals surface area contributed by atoms with Crippen LogP contribution in [-0.4, -0.2) is 12.5 Å². The van der Waals surface area contributed by atoms with Crippen molar-refractivity contribution in [1.82, 2.24) is 0 Å². The Kier molecular flexibility index (Phi) is 3.24. The maximum Gasteiger partial charge on any atom is 0.235 e. The Morgan fingerprint density at radius 1 is 1.30 bits per heavy atom. The van der Waals surface area contributed by atoms with Crippen LogP contribution in [0.4, 0.5) is 11.4 Å². The molecule has 0 bridgehead atoms. The van der Waals surface area contributed by atoms with Crippen molar-refractivity contribution in [3.63, 3.8) is 0 Å². The maximum atomic E-state index is 12.3. The van der Waals surface area contributed by atoms with Crippen molar-refractivity contribution < 1.29 is 9.53 Å². The Morgan fingerprint density at radius 3 is 2.90 bits per heavy atom. The number of halogens is 1. The number of carbonyl (C=O) groups excluding carboxylic acids is 1. The monoisotopic (exact) mass is 288 g/mol. The number of carbonyl (C=O) groups is 1. The van der Waals surface area contributed by atoms with Crippen LogP contribution < -0.4 is 15.8 Å². The van der Waals surface area contributed by atoms with Crippen LogP contribution in [0.3, 0.4) is 0 Å². The topological polar surface area (TPSA) is 64.3 Å². The number of nitrogens with two attached hydrogens (primary N) is 1. The Hall–Kier alpha value is -2.20. The van der Waals surface area contributed by atoms with Crippen molar-refractivity contribution in [2.75, 3.05) is 17.7 Å². The minimum atomic E-state index is -0.318. The van der Waals surface area contributed by atoms with E-state index in [2.05, 4.69) is 5.32 Å². The summed E-state index contributed by atoms with van der Waals surface area (Å²) in [6, 6.07) is 12.5. The van der Waals surface area contributed by atoms with Gasteiger partial charge in [-0.05, 0) is 24.3 Å². The molecule has 0 spiro atoms. The number of rotatable bonds is 2. The summed E-state index contributed by atoms with van der Waals surface area (Å²) in [6.45, 7) is 0.346. The van der Waals surface area contributed by atoms with Gasteiger partial charge < -0.3 is 15.8 Å². The molecular formula is C15H13ClN2O2. The van der Waals surface area contributed by atoms with E-state index in [1.807, 2.05) is 24.3 Å². The Labute approximate surface area is 121 Å². The molecule has 2 aromatic rings. The summed E-state index contributed by atoms with van der Waals surface area (Å²) in [5.41, 5.74) is 7.73. The number of para-hydroxylation sites is 1. The molecule has 102 valence electrons. The second-order valence-corrected chi connectivity index (χ2v) is 5.06. The first-order chi connectivity index (χ1) is 9.65. The van der Waals surface area contributed by atoms with Crippen LogP contribution >= 0.6 is 11.6 Å². The smallest absolute Gasteiger partial charge is 0.235 e. The largest absolute Gasteiger partial charge is 0.492 e. The lowest BCUT2D eigenvalue weighted by molar-refractivity contribution is -0.117. The summed E-state index contributed by atoms with van der Waals surface area (Å²) in [4.78, 5) is 12.3. The summed E-state index contributed by atoms with van der Waals surface area (Å²) < 4.78 is 5.51. The van der Waals surface area contributed by atoms with Gasteiger partial charge in [-0.2, -0.15) is 0 Å². The molecule has 1 aliphatic rings. The van der Waals surface area contributed by atoms with Crippen LogP contribution in [-0.2, 0) is 4.79 Å². The van der Waals surface area contributed by atoms with Gasteiger partial charge in [0.1, 0.15) is 18.3 Å². The van der Waals surface area contributed by atoms with Gasteiger partial charge in [-0.3, -0.25) is 4.79 Å². The molecule has 1 aliphatic heterocycles. The molecule has 3 rings (SSSR count). The zero-order chi connectivity index (χ0) is 14.1. The summed E-state index contributed by atoms with van der Waals surface area (Å²) in [7, 11) is 0. The lowest BCUT2D eigenvalue weighted by Crippen LogP contribution is -2.22. The van der Waals surface area contributed by atoms with Crippen LogP contribution in [0.5, 0.6) is 5.75 Å². The predicted octanol–water partition coefficient (Wildman–Crippen LogP) is 3.04. The second-order valence-electron chi connectivity index (χ2n) is 4.62. The van der Waals surface area contributed by atoms with E-state index in [1.165, 1.54) is 0 Å². The average Bonchev–Trinajstić information content (AvgIpc) is 2.86. The third-order valence-corrected chi connectivity index (χ3v) is 3.52. The first-order valence-electron chi connectivity index (χ1n) is 6.23. The van der Waals surface area contributed by atoms with E-state index in [1.54, 1.807) is 18.2 Å². The molecule has 0 aliphatic carbocycles.